The first-order valence-corrected chi connectivity index (χ1v) is 2.66. The summed E-state index contributed by atoms with van der Waals surface area (Å²) < 4.78 is 59.1. The fourth-order valence-corrected chi connectivity index (χ4v) is 0.487. The number of nitrogens with zero attached hydrogens (tertiary/aromatic N) is 2. The first kappa shape index (κ1) is 13.4. The van der Waals surface area contributed by atoms with Crippen molar-refractivity contribution in [1.82, 2.24) is 15.2 Å². The SMILES string of the molecule is FC(F)(F)C(F)(F)c1nc[nH]n1.[KH]. The van der Waals surface area contributed by atoms with Crippen molar-refractivity contribution >= 4 is 51.4 Å². The number of hydrogen-bond acceptors (Lipinski definition) is 2. The number of nitrogens with one attached hydrogen (secondary N) is 1. The van der Waals surface area contributed by atoms with Crippen molar-refractivity contribution in [3.8, 4) is 0 Å². The van der Waals surface area contributed by atoms with Crippen LogP contribution in [0.25, 0.3) is 0 Å². The van der Waals surface area contributed by atoms with E-state index in [1.54, 1.807) is 5.10 Å². The Kier molecular flexibility index (Phi) is 4.44. The van der Waals surface area contributed by atoms with E-state index < -0.39 is 17.9 Å². The summed E-state index contributed by atoms with van der Waals surface area (Å²) in [5.74, 6) is -6.57. The molecule has 0 radical (unpaired) electrons. The van der Waals surface area contributed by atoms with Gasteiger partial charge in [-0.3, -0.25) is 5.10 Å². The monoisotopic (exact) mass is 227 g/mol. The van der Waals surface area contributed by atoms with Crippen LogP contribution in [0.3, 0.4) is 0 Å². The Morgan fingerprint density at radius 3 is 2.00 bits per heavy atom. The van der Waals surface area contributed by atoms with Crippen LogP contribution in [-0.4, -0.2) is 72.7 Å². The third-order valence-corrected chi connectivity index (χ3v) is 1.05. The Morgan fingerprint density at radius 1 is 1.15 bits per heavy atom. The number of rotatable bonds is 1. The Labute approximate surface area is 112 Å². The zero-order chi connectivity index (χ0) is 9.41. The molecule has 0 fully saturated rings. The summed E-state index contributed by atoms with van der Waals surface area (Å²) in [6.07, 6.45) is -5.01. The summed E-state index contributed by atoms with van der Waals surface area (Å²) in [5, 5.41) is 4.42. The van der Waals surface area contributed by atoms with E-state index in [1.165, 1.54) is 0 Å². The zero-order valence-electron chi connectivity index (χ0n) is 5.36. The van der Waals surface area contributed by atoms with Gasteiger partial charge in [0.25, 0.3) is 0 Å². The maximum atomic E-state index is 12.2. The first-order chi connectivity index (χ1) is 5.36. The topological polar surface area (TPSA) is 41.6 Å². The number of H-pyrrole nitrogens is 1. The van der Waals surface area contributed by atoms with E-state index in [0.29, 0.717) is 6.33 Å². The zero-order valence-corrected chi connectivity index (χ0v) is 5.36. The van der Waals surface area contributed by atoms with Crippen LogP contribution in [0.15, 0.2) is 6.33 Å². The van der Waals surface area contributed by atoms with E-state index in [-0.39, 0.29) is 51.4 Å². The van der Waals surface area contributed by atoms with E-state index >= 15 is 0 Å². The van der Waals surface area contributed by atoms with Crippen LogP contribution in [0, 0.1) is 0 Å². The Morgan fingerprint density at radius 2 is 1.69 bits per heavy atom. The van der Waals surface area contributed by atoms with Gasteiger partial charge in [0.1, 0.15) is 6.33 Å². The van der Waals surface area contributed by atoms with Crippen molar-refractivity contribution in [3.63, 3.8) is 0 Å². The average molecular weight is 227 g/mol. The molecule has 0 bridgehead atoms. The van der Waals surface area contributed by atoms with Gasteiger partial charge in [0.15, 0.2) is 0 Å². The minimum absolute atomic E-state index is 0. The molecule has 70 valence electrons. The molecular formula is C4H3F5KN3. The van der Waals surface area contributed by atoms with Gasteiger partial charge in [0.05, 0.1) is 0 Å². The molecule has 1 N–H and O–H groups in total. The fraction of sp³-hybridized carbons (Fsp3) is 0.500. The van der Waals surface area contributed by atoms with Gasteiger partial charge in [0, 0.05) is 0 Å². The molecule has 0 unspecified atom stereocenters. The molecule has 0 atom stereocenters. The second-order valence-electron chi connectivity index (χ2n) is 1.89. The van der Waals surface area contributed by atoms with Crippen LogP contribution >= 0.6 is 0 Å². The van der Waals surface area contributed by atoms with E-state index in [1.807, 2.05) is 0 Å². The van der Waals surface area contributed by atoms with Crippen molar-refractivity contribution in [2.24, 2.45) is 0 Å². The summed E-state index contributed by atoms with van der Waals surface area (Å²) >= 11 is 0. The molecule has 0 saturated heterocycles. The molecule has 1 aromatic rings. The van der Waals surface area contributed by atoms with Crippen LogP contribution < -0.4 is 0 Å². The molecular weight excluding hydrogens is 224 g/mol. The van der Waals surface area contributed by atoms with Gasteiger partial charge >= 0.3 is 63.5 Å². The van der Waals surface area contributed by atoms with Gasteiger partial charge < -0.3 is 0 Å². The summed E-state index contributed by atoms with van der Waals surface area (Å²) in [7, 11) is 0. The Balaban J connectivity index is 0.00000144. The third-order valence-electron chi connectivity index (χ3n) is 1.05. The molecule has 0 aliphatic rings. The maximum absolute atomic E-state index is 12.2. The molecule has 0 amide bonds. The third kappa shape index (κ3) is 2.69. The molecule has 0 aliphatic heterocycles. The Hall–Kier alpha value is 0.426. The van der Waals surface area contributed by atoms with Crippen molar-refractivity contribution in [2.45, 2.75) is 12.1 Å². The predicted octanol–water partition coefficient (Wildman–Crippen LogP) is 0.810. The Bertz CT molecular complexity index is 255. The van der Waals surface area contributed by atoms with Crippen LogP contribution in [-0.2, 0) is 5.92 Å². The molecule has 1 rings (SSSR count). The fourth-order valence-electron chi connectivity index (χ4n) is 0.487. The molecule has 9 heteroatoms. The minimum atomic E-state index is -5.66. The quantitative estimate of drug-likeness (QED) is 0.569. The van der Waals surface area contributed by atoms with Gasteiger partial charge in [-0.05, 0) is 0 Å². The van der Waals surface area contributed by atoms with Crippen LogP contribution in [0.2, 0.25) is 0 Å². The molecule has 0 aromatic carbocycles. The summed E-state index contributed by atoms with van der Waals surface area (Å²) in [4.78, 5) is 2.72. The number of aromatic amines is 1. The van der Waals surface area contributed by atoms with E-state index in [0.717, 1.165) is 0 Å². The second-order valence-corrected chi connectivity index (χ2v) is 1.89. The molecule has 3 nitrogen and oxygen atoms in total. The number of aromatic nitrogens is 3. The summed E-state index contributed by atoms with van der Waals surface area (Å²) in [6, 6.07) is 0. The van der Waals surface area contributed by atoms with Crippen LogP contribution in [0.4, 0.5) is 22.0 Å². The summed E-state index contributed by atoms with van der Waals surface area (Å²) in [5.41, 5.74) is 0. The van der Waals surface area contributed by atoms with Crippen molar-refractivity contribution in [3.05, 3.63) is 12.2 Å². The normalized spacial score (nSPS) is 12.4. The van der Waals surface area contributed by atoms with E-state index in [4.69, 9.17) is 0 Å². The first-order valence-electron chi connectivity index (χ1n) is 2.66. The second kappa shape index (κ2) is 4.30. The average Bonchev–Trinajstić information content (AvgIpc) is 2.34. The molecule has 0 spiro atoms. The molecule has 13 heavy (non-hydrogen) atoms. The van der Waals surface area contributed by atoms with Gasteiger partial charge in [-0.25, -0.2) is 4.98 Å². The molecule has 1 aromatic heterocycles. The van der Waals surface area contributed by atoms with Gasteiger partial charge in [0.2, 0.25) is 5.82 Å². The van der Waals surface area contributed by atoms with Crippen LogP contribution in [0.5, 0.6) is 0 Å². The summed E-state index contributed by atoms with van der Waals surface area (Å²) in [6.45, 7) is 0. The van der Waals surface area contributed by atoms with Crippen molar-refractivity contribution < 1.29 is 22.0 Å². The molecule has 0 aliphatic carbocycles. The van der Waals surface area contributed by atoms with Crippen LogP contribution in [0.1, 0.15) is 5.82 Å². The van der Waals surface area contributed by atoms with Gasteiger partial charge in [-0.2, -0.15) is 27.1 Å². The van der Waals surface area contributed by atoms with E-state index in [2.05, 4.69) is 10.1 Å². The van der Waals surface area contributed by atoms with Crippen molar-refractivity contribution in [1.29, 1.82) is 0 Å². The molecule has 1 heterocycles. The van der Waals surface area contributed by atoms with Crippen molar-refractivity contribution in [2.75, 3.05) is 0 Å². The number of halogens is 5. The van der Waals surface area contributed by atoms with Gasteiger partial charge in [-0.15, -0.1) is 0 Å². The number of alkyl halides is 5. The number of hydrogen-bond donors (Lipinski definition) is 1. The van der Waals surface area contributed by atoms with Gasteiger partial charge in [-0.1, -0.05) is 0 Å². The molecule has 0 saturated carbocycles. The predicted molar refractivity (Wildman–Crippen MR) is 33.5 cm³/mol. The standard InChI is InChI=1S/C4H2F5N3.K.H/c5-3(6,4(7,8)9)2-10-1-11-12-2;;/h1H,(H,10,11,12);;. The van der Waals surface area contributed by atoms with E-state index in [9.17, 15) is 22.0 Å².